The SMILES string of the molecule is CNCCCN(C)C(C)C(C)=O. The molecule has 3 nitrogen and oxygen atoms in total. The fourth-order valence-electron chi connectivity index (χ4n) is 1.01. The number of likely N-dealkylation sites (N-methyl/N-ethyl adjacent to an activating group) is 1. The minimum Gasteiger partial charge on any atom is -0.320 e. The Balaban J connectivity index is 3.56. The molecule has 0 aromatic rings. The van der Waals surface area contributed by atoms with Crippen molar-refractivity contribution in [3.05, 3.63) is 0 Å². The van der Waals surface area contributed by atoms with Crippen LogP contribution in [0.3, 0.4) is 0 Å². The van der Waals surface area contributed by atoms with Crippen LogP contribution in [0, 0.1) is 0 Å². The number of hydrogen-bond acceptors (Lipinski definition) is 3. The van der Waals surface area contributed by atoms with Crippen LogP contribution in [0.1, 0.15) is 20.3 Å². The van der Waals surface area contributed by atoms with Crippen LogP contribution in [0.2, 0.25) is 0 Å². The van der Waals surface area contributed by atoms with Gasteiger partial charge in [0.2, 0.25) is 0 Å². The van der Waals surface area contributed by atoms with E-state index in [2.05, 4.69) is 10.2 Å². The van der Waals surface area contributed by atoms with Gasteiger partial charge in [0, 0.05) is 0 Å². The zero-order chi connectivity index (χ0) is 9.56. The summed E-state index contributed by atoms with van der Waals surface area (Å²) in [6, 6.07) is 0.0573. The molecule has 0 heterocycles. The van der Waals surface area contributed by atoms with E-state index >= 15 is 0 Å². The summed E-state index contributed by atoms with van der Waals surface area (Å²) in [5.41, 5.74) is 0. The van der Waals surface area contributed by atoms with Crippen LogP contribution in [0.4, 0.5) is 0 Å². The number of hydrogen-bond donors (Lipinski definition) is 1. The second-order valence-corrected chi connectivity index (χ2v) is 3.22. The average Bonchev–Trinajstić information content (AvgIpc) is 2.03. The van der Waals surface area contributed by atoms with Crippen molar-refractivity contribution in [1.29, 1.82) is 0 Å². The topological polar surface area (TPSA) is 32.3 Å². The van der Waals surface area contributed by atoms with Crippen LogP contribution >= 0.6 is 0 Å². The molecule has 0 saturated carbocycles. The summed E-state index contributed by atoms with van der Waals surface area (Å²) in [6.07, 6.45) is 1.09. The van der Waals surface area contributed by atoms with Crippen LogP contribution in [0.5, 0.6) is 0 Å². The third-order valence-corrected chi connectivity index (χ3v) is 2.19. The number of carbonyl (C=O) groups excluding carboxylic acids is 1. The largest absolute Gasteiger partial charge is 0.320 e. The minimum atomic E-state index is 0.0573. The van der Waals surface area contributed by atoms with Crippen LogP contribution in [-0.2, 0) is 4.79 Å². The van der Waals surface area contributed by atoms with E-state index in [-0.39, 0.29) is 11.8 Å². The number of rotatable bonds is 6. The average molecular weight is 172 g/mol. The van der Waals surface area contributed by atoms with Crippen molar-refractivity contribution in [3.63, 3.8) is 0 Å². The molecular formula is C9H20N2O. The lowest BCUT2D eigenvalue weighted by molar-refractivity contribution is -0.121. The molecule has 1 unspecified atom stereocenters. The lowest BCUT2D eigenvalue weighted by Crippen LogP contribution is -2.36. The maximum Gasteiger partial charge on any atom is 0.146 e. The molecule has 0 aromatic carbocycles. The van der Waals surface area contributed by atoms with Gasteiger partial charge in [0.25, 0.3) is 0 Å². The van der Waals surface area contributed by atoms with E-state index in [1.807, 2.05) is 21.0 Å². The Hall–Kier alpha value is -0.410. The zero-order valence-corrected chi connectivity index (χ0v) is 8.55. The highest BCUT2D eigenvalue weighted by Gasteiger charge is 2.12. The maximum atomic E-state index is 11.0. The van der Waals surface area contributed by atoms with Crippen LogP contribution in [0.25, 0.3) is 0 Å². The lowest BCUT2D eigenvalue weighted by Gasteiger charge is -2.21. The first-order valence-corrected chi connectivity index (χ1v) is 4.45. The van der Waals surface area contributed by atoms with E-state index in [4.69, 9.17) is 0 Å². The third kappa shape index (κ3) is 4.46. The maximum absolute atomic E-state index is 11.0. The van der Waals surface area contributed by atoms with Gasteiger partial charge in [0.1, 0.15) is 5.78 Å². The Morgan fingerprint density at radius 3 is 2.58 bits per heavy atom. The summed E-state index contributed by atoms with van der Waals surface area (Å²) >= 11 is 0. The molecule has 0 rings (SSSR count). The van der Waals surface area contributed by atoms with Crippen molar-refractivity contribution in [2.24, 2.45) is 0 Å². The first-order chi connectivity index (χ1) is 5.59. The summed E-state index contributed by atoms with van der Waals surface area (Å²) in [5, 5.41) is 3.08. The highest BCUT2D eigenvalue weighted by molar-refractivity contribution is 5.80. The highest BCUT2D eigenvalue weighted by atomic mass is 16.1. The normalized spacial score (nSPS) is 13.4. The fraction of sp³-hybridized carbons (Fsp3) is 0.889. The Bertz CT molecular complexity index is 136. The van der Waals surface area contributed by atoms with E-state index < -0.39 is 0 Å². The summed E-state index contributed by atoms with van der Waals surface area (Å²) in [6.45, 7) is 5.57. The molecule has 0 spiro atoms. The number of nitrogens with zero attached hydrogens (tertiary/aromatic N) is 1. The van der Waals surface area contributed by atoms with Crippen molar-refractivity contribution in [2.75, 3.05) is 27.2 Å². The first-order valence-electron chi connectivity index (χ1n) is 4.45. The molecule has 72 valence electrons. The second-order valence-electron chi connectivity index (χ2n) is 3.22. The van der Waals surface area contributed by atoms with Gasteiger partial charge in [0.15, 0.2) is 0 Å². The van der Waals surface area contributed by atoms with Gasteiger partial charge in [-0.15, -0.1) is 0 Å². The molecule has 0 aromatic heterocycles. The summed E-state index contributed by atoms with van der Waals surface area (Å²) in [7, 11) is 3.93. The van der Waals surface area contributed by atoms with Gasteiger partial charge in [0.05, 0.1) is 6.04 Å². The smallest absolute Gasteiger partial charge is 0.146 e. The number of nitrogens with one attached hydrogen (secondary N) is 1. The molecule has 12 heavy (non-hydrogen) atoms. The van der Waals surface area contributed by atoms with Crippen molar-refractivity contribution in [3.8, 4) is 0 Å². The van der Waals surface area contributed by atoms with Gasteiger partial charge < -0.3 is 5.32 Å². The van der Waals surface area contributed by atoms with Crippen molar-refractivity contribution >= 4 is 5.78 Å². The molecule has 1 atom stereocenters. The van der Waals surface area contributed by atoms with Gasteiger partial charge in [-0.05, 0) is 47.5 Å². The minimum absolute atomic E-state index is 0.0573. The molecular weight excluding hydrogens is 152 g/mol. The molecule has 0 saturated heterocycles. The summed E-state index contributed by atoms with van der Waals surface area (Å²) in [5.74, 6) is 0.238. The molecule has 0 aliphatic heterocycles. The number of Topliss-reactive ketones (excluding diaryl/α,β-unsaturated/α-hetero) is 1. The van der Waals surface area contributed by atoms with Crippen LogP contribution in [-0.4, -0.2) is 43.9 Å². The quantitative estimate of drug-likeness (QED) is 0.592. The van der Waals surface area contributed by atoms with Gasteiger partial charge in [-0.25, -0.2) is 0 Å². The Morgan fingerprint density at radius 1 is 1.58 bits per heavy atom. The van der Waals surface area contributed by atoms with E-state index in [9.17, 15) is 4.79 Å². The molecule has 0 aliphatic rings. The first kappa shape index (κ1) is 11.6. The molecule has 1 N–H and O–H groups in total. The standard InChI is InChI=1S/C9H20N2O/c1-8(9(2)12)11(4)7-5-6-10-3/h8,10H,5-7H2,1-4H3. The van der Waals surface area contributed by atoms with E-state index in [0.29, 0.717) is 0 Å². The van der Waals surface area contributed by atoms with Crippen molar-refractivity contribution in [1.82, 2.24) is 10.2 Å². The molecule has 0 bridgehead atoms. The summed E-state index contributed by atoms with van der Waals surface area (Å²) in [4.78, 5) is 13.0. The van der Waals surface area contributed by atoms with Crippen molar-refractivity contribution in [2.45, 2.75) is 26.3 Å². The zero-order valence-electron chi connectivity index (χ0n) is 8.55. The van der Waals surface area contributed by atoms with Crippen LogP contribution < -0.4 is 5.32 Å². The van der Waals surface area contributed by atoms with Gasteiger partial charge in [-0.1, -0.05) is 0 Å². The molecule has 0 amide bonds. The van der Waals surface area contributed by atoms with E-state index in [1.165, 1.54) is 0 Å². The fourth-order valence-corrected chi connectivity index (χ4v) is 1.01. The van der Waals surface area contributed by atoms with Gasteiger partial charge in [-0.2, -0.15) is 0 Å². The Morgan fingerprint density at radius 2 is 2.17 bits per heavy atom. The molecule has 0 aliphatic carbocycles. The number of ketones is 1. The summed E-state index contributed by atoms with van der Waals surface area (Å²) < 4.78 is 0. The predicted octanol–water partition coefficient (Wildman–Crippen LogP) is 0.505. The Labute approximate surface area is 75.1 Å². The molecule has 0 fully saturated rings. The lowest BCUT2D eigenvalue weighted by atomic mass is 10.2. The monoisotopic (exact) mass is 172 g/mol. The number of carbonyl (C=O) groups is 1. The van der Waals surface area contributed by atoms with Crippen LogP contribution in [0.15, 0.2) is 0 Å². The molecule has 3 heteroatoms. The molecule has 0 radical (unpaired) electrons. The highest BCUT2D eigenvalue weighted by Crippen LogP contribution is 1.97. The predicted molar refractivity (Wildman–Crippen MR) is 51.3 cm³/mol. The van der Waals surface area contributed by atoms with E-state index in [0.717, 1.165) is 19.5 Å². The third-order valence-electron chi connectivity index (χ3n) is 2.19. The van der Waals surface area contributed by atoms with Gasteiger partial charge in [-0.3, -0.25) is 9.69 Å². The van der Waals surface area contributed by atoms with Crippen molar-refractivity contribution < 1.29 is 4.79 Å². The van der Waals surface area contributed by atoms with Gasteiger partial charge >= 0.3 is 0 Å². The second kappa shape index (κ2) is 6.14. The van der Waals surface area contributed by atoms with E-state index in [1.54, 1.807) is 6.92 Å². The Kier molecular flexibility index (Phi) is 5.93.